The van der Waals surface area contributed by atoms with Gasteiger partial charge in [-0.2, -0.15) is 0 Å². The topological polar surface area (TPSA) is 74.2 Å². The van der Waals surface area contributed by atoms with Crippen LogP contribution in [0.5, 0.6) is 11.6 Å². The first kappa shape index (κ1) is 7.60. The quantitative estimate of drug-likeness (QED) is 0.751. The van der Waals surface area contributed by atoms with E-state index in [1.807, 2.05) is 18.2 Å². The highest BCUT2D eigenvalue weighted by atomic mass is 16.6. The molecule has 13 heavy (non-hydrogen) atoms. The number of hydrogen-bond acceptors (Lipinski definition) is 5. The molecule has 0 aliphatic rings. The maximum absolute atomic E-state index is 5.40. The van der Waals surface area contributed by atoms with Crippen LogP contribution in [0, 0.1) is 0 Å². The molecule has 0 unspecified atom stereocenters. The normalized spacial score (nSPS) is 9.85. The second-order valence-electron chi connectivity index (χ2n) is 2.37. The highest BCUT2D eigenvalue weighted by Gasteiger charge is 2.07. The molecule has 0 bridgehead atoms. The molecule has 0 saturated carbocycles. The zero-order valence-corrected chi connectivity index (χ0v) is 6.68. The number of nitrogens with zero attached hydrogens (tertiary/aromatic N) is 2. The second-order valence-corrected chi connectivity index (χ2v) is 2.37. The van der Waals surface area contributed by atoms with Crippen LogP contribution in [0.3, 0.4) is 0 Å². The lowest BCUT2D eigenvalue weighted by atomic mass is 10.3. The predicted octanol–water partition coefficient (Wildman–Crippen LogP) is 1.44. The van der Waals surface area contributed by atoms with E-state index < -0.39 is 0 Å². The Kier molecular flexibility index (Phi) is 1.84. The van der Waals surface area contributed by atoms with E-state index in [2.05, 4.69) is 14.9 Å². The molecule has 2 aromatic rings. The Hall–Kier alpha value is -2.04. The molecule has 0 aliphatic carbocycles. The van der Waals surface area contributed by atoms with Gasteiger partial charge in [0.05, 0.1) is 0 Å². The van der Waals surface area contributed by atoms with Gasteiger partial charge in [0.1, 0.15) is 5.75 Å². The highest BCUT2D eigenvalue weighted by Crippen LogP contribution is 2.22. The zero-order chi connectivity index (χ0) is 9.10. The lowest BCUT2D eigenvalue weighted by Gasteiger charge is -1.99. The van der Waals surface area contributed by atoms with Crippen molar-refractivity contribution in [2.24, 2.45) is 0 Å². The number of nitrogen functional groups attached to an aromatic ring is 1. The van der Waals surface area contributed by atoms with Crippen LogP contribution < -0.4 is 10.5 Å². The molecule has 5 nitrogen and oxygen atoms in total. The van der Waals surface area contributed by atoms with Crippen molar-refractivity contribution < 1.29 is 9.37 Å². The Morgan fingerprint density at radius 1 is 1.15 bits per heavy atom. The second kappa shape index (κ2) is 3.14. The van der Waals surface area contributed by atoms with Crippen LogP contribution in [-0.4, -0.2) is 10.3 Å². The summed E-state index contributed by atoms with van der Waals surface area (Å²) in [5.41, 5.74) is 5.40. The summed E-state index contributed by atoms with van der Waals surface area (Å²) in [6.07, 6.45) is 0. The van der Waals surface area contributed by atoms with Gasteiger partial charge in [0.15, 0.2) is 0 Å². The number of nitrogens with two attached hydrogens (primary N) is 1. The Morgan fingerprint density at radius 3 is 2.54 bits per heavy atom. The molecule has 5 heteroatoms. The van der Waals surface area contributed by atoms with Gasteiger partial charge in [0.2, 0.25) is 5.82 Å². The van der Waals surface area contributed by atoms with E-state index in [1.54, 1.807) is 12.1 Å². The van der Waals surface area contributed by atoms with Crippen molar-refractivity contribution in [1.82, 2.24) is 10.3 Å². The molecular weight excluding hydrogens is 170 g/mol. The van der Waals surface area contributed by atoms with Gasteiger partial charge in [0.25, 0.3) is 0 Å². The zero-order valence-electron chi connectivity index (χ0n) is 6.68. The van der Waals surface area contributed by atoms with Gasteiger partial charge in [-0.3, -0.25) is 0 Å². The summed E-state index contributed by atoms with van der Waals surface area (Å²) in [7, 11) is 0. The maximum Gasteiger partial charge on any atom is 0.305 e. The molecule has 1 aromatic heterocycles. The van der Waals surface area contributed by atoms with Gasteiger partial charge in [-0.15, -0.1) is 0 Å². The number of ether oxygens (including phenoxy) is 1. The van der Waals surface area contributed by atoms with Crippen LogP contribution in [0.15, 0.2) is 35.0 Å². The number of benzene rings is 1. The van der Waals surface area contributed by atoms with Crippen molar-refractivity contribution in [3.05, 3.63) is 30.3 Å². The minimum Gasteiger partial charge on any atom is -0.434 e. The minimum absolute atomic E-state index is 0.142. The third kappa shape index (κ3) is 1.58. The average molecular weight is 177 g/mol. The molecule has 0 fully saturated rings. The molecule has 0 saturated heterocycles. The number of aromatic nitrogens is 2. The summed E-state index contributed by atoms with van der Waals surface area (Å²) in [6.45, 7) is 0. The summed E-state index contributed by atoms with van der Waals surface area (Å²) in [4.78, 5) is 0. The molecule has 66 valence electrons. The third-order valence-electron chi connectivity index (χ3n) is 1.44. The first-order chi connectivity index (χ1) is 6.36. The van der Waals surface area contributed by atoms with Crippen LogP contribution in [0.4, 0.5) is 5.82 Å². The van der Waals surface area contributed by atoms with Crippen molar-refractivity contribution >= 4 is 5.82 Å². The fourth-order valence-electron chi connectivity index (χ4n) is 0.858. The van der Waals surface area contributed by atoms with Gasteiger partial charge in [-0.25, -0.2) is 4.63 Å². The SMILES string of the molecule is Nc1nonc1Oc1ccccc1. The highest BCUT2D eigenvalue weighted by molar-refractivity contribution is 5.40. The lowest BCUT2D eigenvalue weighted by Crippen LogP contribution is -1.90. The Bertz CT molecular complexity index is 385. The predicted molar refractivity (Wildman–Crippen MR) is 45.2 cm³/mol. The van der Waals surface area contributed by atoms with Gasteiger partial charge in [-0.1, -0.05) is 18.2 Å². The fourth-order valence-corrected chi connectivity index (χ4v) is 0.858. The molecule has 2 rings (SSSR count). The third-order valence-corrected chi connectivity index (χ3v) is 1.44. The van der Waals surface area contributed by atoms with Crippen molar-refractivity contribution in [3.63, 3.8) is 0 Å². The van der Waals surface area contributed by atoms with Crippen molar-refractivity contribution in [3.8, 4) is 11.6 Å². The fraction of sp³-hybridized carbons (Fsp3) is 0. The van der Waals surface area contributed by atoms with E-state index in [1.165, 1.54) is 0 Å². The molecule has 1 heterocycles. The smallest absolute Gasteiger partial charge is 0.305 e. The number of rotatable bonds is 2. The lowest BCUT2D eigenvalue weighted by molar-refractivity contribution is 0.290. The van der Waals surface area contributed by atoms with Crippen molar-refractivity contribution in [2.45, 2.75) is 0 Å². The van der Waals surface area contributed by atoms with Crippen LogP contribution in [0.1, 0.15) is 0 Å². The van der Waals surface area contributed by atoms with E-state index in [4.69, 9.17) is 10.5 Å². The van der Waals surface area contributed by atoms with Gasteiger partial charge >= 0.3 is 5.88 Å². The maximum atomic E-state index is 5.40. The number of hydrogen-bond donors (Lipinski definition) is 1. The molecule has 0 spiro atoms. The Labute approximate surface area is 74.1 Å². The molecule has 2 N–H and O–H groups in total. The van der Waals surface area contributed by atoms with Gasteiger partial charge in [-0.05, 0) is 22.4 Å². The minimum atomic E-state index is 0.142. The first-order valence-electron chi connectivity index (χ1n) is 3.67. The van der Waals surface area contributed by atoms with E-state index in [0.29, 0.717) is 5.75 Å². The van der Waals surface area contributed by atoms with Crippen LogP contribution in [0.2, 0.25) is 0 Å². The van der Waals surface area contributed by atoms with Crippen LogP contribution in [-0.2, 0) is 0 Å². The van der Waals surface area contributed by atoms with Crippen LogP contribution >= 0.6 is 0 Å². The van der Waals surface area contributed by atoms with Crippen molar-refractivity contribution in [1.29, 1.82) is 0 Å². The Morgan fingerprint density at radius 2 is 1.92 bits per heavy atom. The molecular formula is C8H7N3O2. The van der Waals surface area contributed by atoms with Crippen molar-refractivity contribution in [2.75, 3.05) is 5.73 Å². The van der Waals surface area contributed by atoms with E-state index in [9.17, 15) is 0 Å². The molecule has 0 radical (unpaired) electrons. The van der Waals surface area contributed by atoms with Gasteiger partial charge < -0.3 is 10.5 Å². The summed E-state index contributed by atoms with van der Waals surface area (Å²) >= 11 is 0. The summed E-state index contributed by atoms with van der Waals surface area (Å²) in [5, 5.41) is 6.86. The number of para-hydroxylation sites is 1. The standard InChI is InChI=1S/C8H7N3O2/c9-7-8(11-13-10-7)12-6-4-2-1-3-5-6/h1-5H,(H2,9,10). The molecule has 1 aromatic carbocycles. The summed E-state index contributed by atoms with van der Waals surface area (Å²) in [6, 6.07) is 9.15. The Balaban J connectivity index is 2.20. The van der Waals surface area contributed by atoms with Crippen LogP contribution in [0.25, 0.3) is 0 Å². The van der Waals surface area contributed by atoms with E-state index in [-0.39, 0.29) is 11.7 Å². The molecule has 0 amide bonds. The summed E-state index contributed by atoms with van der Waals surface area (Å²) < 4.78 is 9.62. The monoisotopic (exact) mass is 177 g/mol. The largest absolute Gasteiger partial charge is 0.434 e. The molecule has 0 atom stereocenters. The summed E-state index contributed by atoms with van der Waals surface area (Å²) in [5.74, 6) is 0.972. The van der Waals surface area contributed by atoms with E-state index in [0.717, 1.165) is 0 Å². The number of anilines is 1. The van der Waals surface area contributed by atoms with E-state index >= 15 is 0 Å². The van der Waals surface area contributed by atoms with Gasteiger partial charge in [0, 0.05) is 0 Å². The average Bonchev–Trinajstić information content (AvgIpc) is 2.54. The first-order valence-corrected chi connectivity index (χ1v) is 3.67. The molecule has 0 aliphatic heterocycles.